The maximum absolute atomic E-state index is 12.6. The third-order valence-corrected chi connectivity index (χ3v) is 4.80. The molecule has 2 aromatic carbocycles. The Morgan fingerprint density at radius 3 is 2.76 bits per heavy atom. The molecule has 1 amide bonds. The maximum atomic E-state index is 12.6. The Kier molecular flexibility index (Phi) is 5.03. The van der Waals surface area contributed by atoms with E-state index in [2.05, 4.69) is 10.3 Å². The first-order valence-electron chi connectivity index (χ1n) is 9.21. The van der Waals surface area contributed by atoms with Crippen molar-refractivity contribution in [3.63, 3.8) is 0 Å². The minimum Gasteiger partial charge on any atom is -0.454 e. The molecule has 29 heavy (non-hydrogen) atoms. The number of nitrogens with zero attached hydrogens (tertiary/aromatic N) is 1. The molecule has 7 heteroatoms. The van der Waals surface area contributed by atoms with Gasteiger partial charge in [0.05, 0.1) is 16.8 Å². The van der Waals surface area contributed by atoms with Gasteiger partial charge in [0.25, 0.3) is 5.91 Å². The van der Waals surface area contributed by atoms with Crippen molar-refractivity contribution >= 4 is 22.8 Å². The molecule has 0 aliphatic carbocycles. The van der Waals surface area contributed by atoms with Crippen LogP contribution in [0.2, 0.25) is 0 Å². The summed E-state index contributed by atoms with van der Waals surface area (Å²) in [6.45, 7) is 3.74. The first kappa shape index (κ1) is 18.7. The fraction of sp³-hybridized carbons (Fsp3) is 0.227. The average molecular weight is 392 g/mol. The van der Waals surface area contributed by atoms with E-state index in [0.29, 0.717) is 29.3 Å². The Hall–Kier alpha value is -3.61. The van der Waals surface area contributed by atoms with Crippen molar-refractivity contribution in [1.82, 2.24) is 10.3 Å². The summed E-state index contributed by atoms with van der Waals surface area (Å²) in [5.74, 6) is 0.387. The largest absolute Gasteiger partial charge is 0.454 e. The van der Waals surface area contributed by atoms with E-state index in [-0.39, 0.29) is 19.3 Å². The number of hydrogen-bond donors (Lipinski definition) is 1. The SMILES string of the molecule is Cc1nc2ccccc2c(C)c1C(=O)OCC(=O)NCc1ccc2c(c1)OCO2. The van der Waals surface area contributed by atoms with Gasteiger partial charge in [-0.25, -0.2) is 4.79 Å². The van der Waals surface area contributed by atoms with E-state index in [9.17, 15) is 9.59 Å². The lowest BCUT2D eigenvalue weighted by Gasteiger charge is -2.12. The van der Waals surface area contributed by atoms with Crippen LogP contribution in [0.5, 0.6) is 11.5 Å². The third-order valence-electron chi connectivity index (χ3n) is 4.80. The number of ether oxygens (including phenoxy) is 3. The zero-order valence-corrected chi connectivity index (χ0v) is 16.2. The molecule has 0 unspecified atom stereocenters. The number of carbonyl (C=O) groups excluding carboxylic acids is 2. The Bertz CT molecular complexity index is 1110. The molecule has 0 saturated heterocycles. The molecule has 0 spiro atoms. The van der Waals surface area contributed by atoms with Gasteiger partial charge in [0.1, 0.15) is 0 Å². The Balaban J connectivity index is 1.37. The molecule has 4 rings (SSSR count). The molecule has 0 saturated carbocycles. The number of amides is 1. The van der Waals surface area contributed by atoms with Crippen molar-refractivity contribution in [1.29, 1.82) is 0 Å². The van der Waals surface area contributed by atoms with E-state index in [1.165, 1.54) is 0 Å². The summed E-state index contributed by atoms with van der Waals surface area (Å²) in [7, 11) is 0. The number of esters is 1. The van der Waals surface area contributed by atoms with E-state index < -0.39 is 5.97 Å². The molecular formula is C22H20N2O5. The fourth-order valence-corrected chi connectivity index (χ4v) is 3.34. The van der Waals surface area contributed by atoms with E-state index >= 15 is 0 Å². The van der Waals surface area contributed by atoms with Crippen LogP contribution < -0.4 is 14.8 Å². The van der Waals surface area contributed by atoms with Gasteiger partial charge < -0.3 is 19.5 Å². The molecule has 148 valence electrons. The van der Waals surface area contributed by atoms with Gasteiger partial charge in [-0.3, -0.25) is 9.78 Å². The zero-order valence-electron chi connectivity index (χ0n) is 16.2. The van der Waals surface area contributed by atoms with Crippen LogP contribution >= 0.6 is 0 Å². The van der Waals surface area contributed by atoms with E-state index in [4.69, 9.17) is 14.2 Å². The third kappa shape index (κ3) is 3.85. The monoisotopic (exact) mass is 392 g/mol. The number of nitrogens with one attached hydrogen (secondary N) is 1. The lowest BCUT2D eigenvalue weighted by Crippen LogP contribution is -2.28. The van der Waals surface area contributed by atoms with Crippen molar-refractivity contribution in [3.05, 3.63) is 64.8 Å². The number of rotatable bonds is 5. The standard InChI is InChI=1S/C22H20N2O5/c1-13-16-5-3-4-6-17(16)24-14(2)21(13)22(26)27-11-20(25)23-10-15-7-8-18-19(9-15)29-12-28-18/h3-9H,10-12H2,1-2H3,(H,23,25). The van der Waals surface area contributed by atoms with Gasteiger partial charge >= 0.3 is 5.97 Å². The van der Waals surface area contributed by atoms with Crippen LogP contribution in [0.1, 0.15) is 27.2 Å². The molecule has 1 aliphatic rings. The highest BCUT2D eigenvalue weighted by molar-refractivity contribution is 5.99. The van der Waals surface area contributed by atoms with E-state index in [1.54, 1.807) is 13.0 Å². The van der Waals surface area contributed by atoms with Gasteiger partial charge in [0.15, 0.2) is 18.1 Å². The van der Waals surface area contributed by atoms with Crippen LogP contribution in [0, 0.1) is 13.8 Å². The Labute approximate surface area is 167 Å². The quantitative estimate of drug-likeness (QED) is 0.672. The van der Waals surface area contributed by atoms with Gasteiger partial charge in [-0.1, -0.05) is 24.3 Å². The van der Waals surface area contributed by atoms with Crippen LogP contribution in [0.4, 0.5) is 0 Å². The average Bonchev–Trinajstić information content (AvgIpc) is 3.18. The number of para-hydroxylation sites is 1. The first-order chi connectivity index (χ1) is 14.0. The number of aromatic nitrogens is 1. The molecule has 1 aliphatic heterocycles. The molecular weight excluding hydrogens is 372 g/mol. The van der Waals surface area contributed by atoms with Crippen LogP contribution in [0.15, 0.2) is 42.5 Å². The highest BCUT2D eigenvalue weighted by Gasteiger charge is 2.19. The van der Waals surface area contributed by atoms with Crippen molar-refractivity contribution in [2.45, 2.75) is 20.4 Å². The first-order valence-corrected chi connectivity index (χ1v) is 9.21. The second-order valence-corrected chi connectivity index (χ2v) is 6.75. The van der Waals surface area contributed by atoms with Gasteiger partial charge in [0, 0.05) is 11.9 Å². The molecule has 1 N–H and O–H groups in total. The second-order valence-electron chi connectivity index (χ2n) is 6.75. The summed E-state index contributed by atoms with van der Waals surface area (Å²) in [6.07, 6.45) is 0. The van der Waals surface area contributed by atoms with Crippen LogP contribution in [0.25, 0.3) is 10.9 Å². The number of hydrogen-bond acceptors (Lipinski definition) is 6. The molecule has 7 nitrogen and oxygen atoms in total. The number of carbonyl (C=O) groups is 2. The van der Waals surface area contributed by atoms with Crippen molar-refractivity contribution in [2.75, 3.05) is 13.4 Å². The lowest BCUT2D eigenvalue weighted by atomic mass is 10.0. The Morgan fingerprint density at radius 1 is 1.10 bits per heavy atom. The number of fused-ring (bicyclic) bond motifs is 2. The molecule has 0 radical (unpaired) electrons. The smallest absolute Gasteiger partial charge is 0.340 e. The zero-order chi connectivity index (χ0) is 20.4. The summed E-state index contributed by atoms with van der Waals surface area (Å²) < 4.78 is 15.8. The van der Waals surface area contributed by atoms with Crippen molar-refractivity contribution in [2.24, 2.45) is 0 Å². The highest BCUT2D eigenvalue weighted by atomic mass is 16.7. The van der Waals surface area contributed by atoms with E-state index in [1.807, 2.05) is 43.3 Å². The fourth-order valence-electron chi connectivity index (χ4n) is 3.34. The predicted octanol–water partition coefficient (Wildman–Crippen LogP) is 3.05. The molecule has 3 aromatic rings. The molecule has 2 heterocycles. The minimum atomic E-state index is -0.559. The topological polar surface area (TPSA) is 86.8 Å². The van der Waals surface area contributed by atoms with Crippen LogP contribution in [-0.4, -0.2) is 30.3 Å². The summed E-state index contributed by atoms with van der Waals surface area (Å²) in [4.78, 5) is 29.1. The molecule has 0 fully saturated rings. The normalized spacial score (nSPS) is 12.1. The highest BCUT2D eigenvalue weighted by Crippen LogP contribution is 2.32. The number of pyridine rings is 1. The molecule has 0 bridgehead atoms. The van der Waals surface area contributed by atoms with Gasteiger partial charge in [-0.05, 0) is 43.2 Å². The second kappa shape index (κ2) is 7.79. The summed E-state index contributed by atoms with van der Waals surface area (Å²) in [5.41, 5.74) is 3.44. The lowest BCUT2D eigenvalue weighted by molar-refractivity contribution is -0.124. The van der Waals surface area contributed by atoms with Crippen molar-refractivity contribution < 1.29 is 23.8 Å². The molecule has 0 atom stereocenters. The summed E-state index contributed by atoms with van der Waals surface area (Å²) >= 11 is 0. The van der Waals surface area contributed by atoms with Crippen molar-refractivity contribution in [3.8, 4) is 11.5 Å². The van der Waals surface area contributed by atoms with Crippen LogP contribution in [-0.2, 0) is 16.1 Å². The number of aryl methyl sites for hydroxylation is 2. The number of benzene rings is 2. The predicted molar refractivity (Wildman–Crippen MR) is 106 cm³/mol. The van der Waals surface area contributed by atoms with Crippen LogP contribution in [0.3, 0.4) is 0 Å². The van der Waals surface area contributed by atoms with Gasteiger partial charge in [-0.15, -0.1) is 0 Å². The van der Waals surface area contributed by atoms with Gasteiger partial charge in [0.2, 0.25) is 6.79 Å². The van der Waals surface area contributed by atoms with E-state index in [0.717, 1.165) is 22.0 Å². The molecule has 1 aromatic heterocycles. The summed E-state index contributed by atoms with van der Waals surface area (Å²) in [5, 5.41) is 3.61. The summed E-state index contributed by atoms with van der Waals surface area (Å²) in [6, 6.07) is 13.0. The minimum absolute atomic E-state index is 0.198. The van der Waals surface area contributed by atoms with Gasteiger partial charge in [-0.2, -0.15) is 0 Å². The maximum Gasteiger partial charge on any atom is 0.340 e. The Morgan fingerprint density at radius 2 is 1.90 bits per heavy atom.